The summed E-state index contributed by atoms with van der Waals surface area (Å²) in [6.45, 7) is 4.20. The number of hydrogen-bond donors (Lipinski definition) is 1. The van der Waals surface area contributed by atoms with Gasteiger partial charge in [0.2, 0.25) is 0 Å². The molecule has 1 aliphatic heterocycles. The molecule has 0 aromatic heterocycles. The van der Waals surface area contributed by atoms with Crippen LogP contribution >= 0.6 is 0 Å². The molecule has 0 saturated carbocycles. The van der Waals surface area contributed by atoms with E-state index in [1.807, 2.05) is 13.8 Å². The summed E-state index contributed by atoms with van der Waals surface area (Å²) in [4.78, 5) is 0. The molecule has 1 aliphatic rings. The second kappa shape index (κ2) is 1.69. The molecule has 0 bridgehead atoms. The van der Waals surface area contributed by atoms with Gasteiger partial charge < -0.3 is 15.2 Å². The highest BCUT2D eigenvalue weighted by molar-refractivity contribution is 4.64. The summed E-state index contributed by atoms with van der Waals surface area (Å²) >= 11 is 0. The summed E-state index contributed by atoms with van der Waals surface area (Å²) in [7, 11) is 0. The second-order valence-electron chi connectivity index (χ2n) is 2.37. The SMILES string of the molecule is CC1(C)OCC(N)O1. The lowest BCUT2D eigenvalue weighted by Crippen LogP contribution is -2.26. The number of nitrogens with two attached hydrogens (primary N) is 1. The van der Waals surface area contributed by atoms with E-state index in [-0.39, 0.29) is 6.23 Å². The van der Waals surface area contributed by atoms with Gasteiger partial charge in [-0.1, -0.05) is 0 Å². The quantitative estimate of drug-likeness (QED) is 0.487. The fourth-order valence-electron chi connectivity index (χ4n) is 0.715. The average Bonchev–Trinajstić information content (AvgIpc) is 1.82. The van der Waals surface area contributed by atoms with E-state index < -0.39 is 5.79 Å². The van der Waals surface area contributed by atoms with Crippen molar-refractivity contribution in [1.29, 1.82) is 0 Å². The van der Waals surface area contributed by atoms with Crippen LogP contribution < -0.4 is 5.73 Å². The monoisotopic (exact) mass is 117 g/mol. The van der Waals surface area contributed by atoms with Gasteiger partial charge in [0.05, 0.1) is 6.61 Å². The molecule has 0 amide bonds. The van der Waals surface area contributed by atoms with Gasteiger partial charge >= 0.3 is 0 Å². The Labute approximate surface area is 48.8 Å². The van der Waals surface area contributed by atoms with Gasteiger partial charge in [0.1, 0.15) is 6.23 Å². The van der Waals surface area contributed by atoms with E-state index >= 15 is 0 Å². The number of hydrogen-bond acceptors (Lipinski definition) is 3. The zero-order valence-corrected chi connectivity index (χ0v) is 5.18. The maximum absolute atomic E-state index is 5.36. The maximum Gasteiger partial charge on any atom is 0.165 e. The van der Waals surface area contributed by atoms with Crippen LogP contribution in [0.1, 0.15) is 13.8 Å². The lowest BCUT2D eigenvalue weighted by molar-refractivity contribution is -0.137. The molecule has 1 unspecified atom stereocenters. The fraction of sp³-hybridized carbons (Fsp3) is 1.00. The Morgan fingerprint density at radius 1 is 1.62 bits per heavy atom. The zero-order valence-electron chi connectivity index (χ0n) is 5.18. The molecule has 0 spiro atoms. The topological polar surface area (TPSA) is 44.5 Å². The normalized spacial score (nSPS) is 35.6. The second-order valence-corrected chi connectivity index (χ2v) is 2.37. The smallest absolute Gasteiger partial charge is 0.165 e. The van der Waals surface area contributed by atoms with E-state index in [1.165, 1.54) is 0 Å². The fourth-order valence-corrected chi connectivity index (χ4v) is 0.715. The molecule has 0 aromatic rings. The van der Waals surface area contributed by atoms with E-state index in [9.17, 15) is 0 Å². The summed E-state index contributed by atoms with van der Waals surface area (Å²) < 4.78 is 10.2. The average molecular weight is 117 g/mol. The number of rotatable bonds is 0. The summed E-state index contributed by atoms with van der Waals surface area (Å²) in [6, 6.07) is 0. The third-order valence-corrected chi connectivity index (χ3v) is 1.03. The van der Waals surface area contributed by atoms with Gasteiger partial charge in [0, 0.05) is 0 Å². The van der Waals surface area contributed by atoms with E-state index in [2.05, 4.69) is 0 Å². The van der Waals surface area contributed by atoms with E-state index in [4.69, 9.17) is 15.2 Å². The molecule has 48 valence electrons. The lowest BCUT2D eigenvalue weighted by Gasteiger charge is -2.14. The van der Waals surface area contributed by atoms with Gasteiger partial charge in [-0.25, -0.2) is 0 Å². The van der Waals surface area contributed by atoms with Crippen LogP contribution in [-0.4, -0.2) is 18.6 Å². The predicted molar refractivity (Wildman–Crippen MR) is 29.1 cm³/mol. The maximum atomic E-state index is 5.36. The highest BCUT2D eigenvalue weighted by atomic mass is 16.7. The van der Waals surface area contributed by atoms with Crippen LogP contribution in [-0.2, 0) is 9.47 Å². The van der Waals surface area contributed by atoms with Crippen molar-refractivity contribution in [2.24, 2.45) is 5.73 Å². The van der Waals surface area contributed by atoms with Gasteiger partial charge in [-0.2, -0.15) is 0 Å². The first-order valence-electron chi connectivity index (χ1n) is 2.67. The highest BCUT2D eigenvalue weighted by Gasteiger charge is 2.29. The van der Waals surface area contributed by atoms with Crippen molar-refractivity contribution < 1.29 is 9.47 Å². The van der Waals surface area contributed by atoms with Gasteiger partial charge in [-0.15, -0.1) is 0 Å². The van der Waals surface area contributed by atoms with Crippen LogP contribution in [0.3, 0.4) is 0 Å². The van der Waals surface area contributed by atoms with Crippen LogP contribution in [0, 0.1) is 0 Å². The number of ether oxygens (including phenoxy) is 2. The molecular weight excluding hydrogens is 106 g/mol. The standard InChI is InChI=1S/C5H11NO2/c1-5(2)7-3-4(6)8-5/h4H,3,6H2,1-2H3. The summed E-state index contributed by atoms with van der Waals surface area (Å²) in [5, 5.41) is 0. The summed E-state index contributed by atoms with van der Waals surface area (Å²) in [5.41, 5.74) is 5.36. The molecular formula is C5H11NO2. The molecule has 8 heavy (non-hydrogen) atoms. The Kier molecular flexibility index (Phi) is 1.27. The first-order valence-corrected chi connectivity index (χ1v) is 2.67. The van der Waals surface area contributed by atoms with Gasteiger partial charge in [-0.3, -0.25) is 0 Å². The Morgan fingerprint density at radius 2 is 2.25 bits per heavy atom. The van der Waals surface area contributed by atoms with Crippen LogP contribution in [0.5, 0.6) is 0 Å². The van der Waals surface area contributed by atoms with Crippen molar-refractivity contribution in [3.8, 4) is 0 Å². The van der Waals surface area contributed by atoms with Crippen molar-refractivity contribution in [1.82, 2.24) is 0 Å². The molecule has 1 atom stereocenters. The third-order valence-electron chi connectivity index (χ3n) is 1.03. The molecule has 0 radical (unpaired) electrons. The third kappa shape index (κ3) is 1.18. The molecule has 3 nitrogen and oxygen atoms in total. The summed E-state index contributed by atoms with van der Waals surface area (Å²) in [5.74, 6) is -0.459. The Morgan fingerprint density at radius 3 is 2.38 bits per heavy atom. The first kappa shape index (κ1) is 6.01. The molecule has 0 aromatic carbocycles. The van der Waals surface area contributed by atoms with E-state index in [1.54, 1.807) is 0 Å². The lowest BCUT2D eigenvalue weighted by atomic mass is 10.4. The van der Waals surface area contributed by atoms with Crippen molar-refractivity contribution in [3.05, 3.63) is 0 Å². The summed E-state index contributed by atoms with van der Waals surface area (Å²) in [6.07, 6.45) is -0.231. The van der Waals surface area contributed by atoms with Crippen LogP contribution in [0.15, 0.2) is 0 Å². The Balaban J connectivity index is 2.44. The molecule has 1 heterocycles. The Hall–Kier alpha value is -0.120. The van der Waals surface area contributed by atoms with Crippen molar-refractivity contribution >= 4 is 0 Å². The molecule has 1 fully saturated rings. The van der Waals surface area contributed by atoms with Gasteiger partial charge in [0.15, 0.2) is 5.79 Å². The van der Waals surface area contributed by atoms with Gasteiger partial charge in [0.25, 0.3) is 0 Å². The molecule has 0 aliphatic carbocycles. The molecule has 1 saturated heterocycles. The van der Waals surface area contributed by atoms with Crippen LogP contribution in [0.4, 0.5) is 0 Å². The minimum atomic E-state index is -0.459. The molecule has 2 N–H and O–H groups in total. The van der Waals surface area contributed by atoms with Crippen molar-refractivity contribution in [3.63, 3.8) is 0 Å². The zero-order chi connectivity index (χ0) is 6.20. The van der Waals surface area contributed by atoms with Crippen molar-refractivity contribution in [2.75, 3.05) is 6.61 Å². The largest absolute Gasteiger partial charge is 0.346 e. The van der Waals surface area contributed by atoms with Gasteiger partial charge in [-0.05, 0) is 13.8 Å². The Bertz CT molecular complexity index is 92.4. The first-order chi connectivity index (χ1) is 3.60. The van der Waals surface area contributed by atoms with Crippen LogP contribution in [0.2, 0.25) is 0 Å². The molecule has 1 rings (SSSR count). The highest BCUT2D eigenvalue weighted by Crippen LogP contribution is 2.18. The minimum absolute atomic E-state index is 0.231. The van der Waals surface area contributed by atoms with Crippen LogP contribution in [0.25, 0.3) is 0 Å². The van der Waals surface area contributed by atoms with Crippen molar-refractivity contribution in [2.45, 2.75) is 25.9 Å². The molecule has 3 heteroatoms. The minimum Gasteiger partial charge on any atom is -0.346 e. The van der Waals surface area contributed by atoms with E-state index in [0.717, 1.165) is 0 Å². The van der Waals surface area contributed by atoms with E-state index in [0.29, 0.717) is 6.61 Å². The predicted octanol–water partition coefficient (Wildman–Crippen LogP) is 0.0541.